The van der Waals surface area contributed by atoms with Crippen LogP contribution in [0.2, 0.25) is 0 Å². The number of hydrogen-bond donors (Lipinski definition) is 1. The van der Waals surface area contributed by atoms with Crippen LogP contribution in [0.4, 0.5) is 4.39 Å². The summed E-state index contributed by atoms with van der Waals surface area (Å²) in [5.74, 6) is -0.211. The second kappa shape index (κ2) is 3.59. The Hall–Kier alpha value is -2.36. The quantitative estimate of drug-likeness (QED) is 0.696. The Morgan fingerprint density at radius 2 is 2.00 bits per heavy atom. The summed E-state index contributed by atoms with van der Waals surface area (Å²) in [5, 5.41) is 14.0. The fourth-order valence-corrected chi connectivity index (χ4v) is 1.77. The van der Waals surface area contributed by atoms with E-state index in [1.807, 2.05) is 0 Å². The Bertz CT molecular complexity index is 691. The van der Waals surface area contributed by atoms with E-state index in [-0.39, 0.29) is 11.6 Å². The highest BCUT2D eigenvalue weighted by Gasteiger charge is 2.11. The van der Waals surface area contributed by atoms with Crippen molar-refractivity contribution in [2.45, 2.75) is 0 Å². The minimum Gasteiger partial charge on any atom is -0.508 e. The topological polar surface area (TPSA) is 46.3 Å². The van der Waals surface area contributed by atoms with Crippen LogP contribution in [0.15, 0.2) is 47.0 Å². The van der Waals surface area contributed by atoms with Gasteiger partial charge in [-0.25, -0.2) is 4.39 Å². The maximum absolute atomic E-state index is 13.1. The number of phenolic OH excluding ortho intramolecular Hbond substituents is 1. The lowest BCUT2D eigenvalue weighted by Crippen LogP contribution is -1.80. The largest absolute Gasteiger partial charge is 0.508 e. The highest BCUT2D eigenvalue weighted by atomic mass is 19.1. The predicted octanol–water partition coefficient (Wildman–Crippen LogP) is 3.34. The number of hydrogen-bond acceptors (Lipinski definition) is 3. The fraction of sp³-hybridized carbons (Fsp3) is 0. The molecule has 0 aliphatic carbocycles. The molecule has 0 spiro atoms. The van der Waals surface area contributed by atoms with Crippen LogP contribution in [0.25, 0.3) is 22.2 Å². The zero-order chi connectivity index (χ0) is 11.8. The molecule has 0 aliphatic heterocycles. The third-order valence-electron chi connectivity index (χ3n) is 2.55. The van der Waals surface area contributed by atoms with Crippen LogP contribution in [-0.2, 0) is 0 Å². The summed E-state index contributed by atoms with van der Waals surface area (Å²) in [6.07, 6.45) is 0. The summed E-state index contributed by atoms with van der Waals surface area (Å²) < 4.78 is 18.2. The fourth-order valence-electron chi connectivity index (χ4n) is 1.77. The minimum absolute atomic E-state index is 0.123. The summed E-state index contributed by atoms with van der Waals surface area (Å²) in [4.78, 5) is 0. The number of aromatic nitrogens is 1. The van der Waals surface area contributed by atoms with E-state index in [4.69, 9.17) is 4.52 Å². The van der Waals surface area contributed by atoms with Gasteiger partial charge in [0.1, 0.15) is 17.3 Å². The summed E-state index contributed by atoms with van der Waals surface area (Å²) in [5.41, 5.74) is 1.70. The molecule has 0 atom stereocenters. The van der Waals surface area contributed by atoms with Gasteiger partial charge in [-0.2, -0.15) is 0 Å². The Morgan fingerprint density at radius 3 is 2.82 bits per heavy atom. The molecule has 0 saturated heterocycles. The molecule has 3 nitrogen and oxygen atoms in total. The van der Waals surface area contributed by atoms with Gasteiger partial charge in [0, 0.05) is 5.56 Å². The molecule has 84 valence electrons. The Balaban J connectivity index is 2.27. The number of aromatic hydroxyl groups is 1. The van der Waals surface area contributed by atoms with Crippen molar-refractivity contribution in [1.29, 1.82) is 0 Å². The van der Waals surface area contributed by atoms with Crippen molar-refractivity contribution >= 4 is 11.0 Å². The van der Waals surface area contributed by atoms with Crippen molar-refractivity contribution in [2.24, 2.45) is 0 Å². The molecular weight excluding hydrogens is 221 g/mol. The van der Waals surface area contributed by atoms with E-state index in [9.17, 15) is 9.50 Å². The van der Waals surface area contributed by atoms with Crippen molar-refractivity contribution in [3.8, 4) is 17.0 Å². The summed E-state index contributed by atoms with van der Waals surface area (Å²) in [6, 6.07) is 10.8. The van der Waals surface area contributed by atoms with Crippen LogP contribution < -0.4 is 0 Å². The standard InChI is InChI=1S/C13H8FNO2/c14-9-3-1-2-8(6-9)13-11-7-10(16)4-5-12(11)17-15-13/h1-7,16H. The highest BCUT2D eigenvalue weighted by Crippen LogP contribution is 2.30. The molecule has 0 fully saturated rings. The molecule has 2 aromatic carbocycles. The Morgan fingerprint density at radius 1 is 1.12 bits per heavy atom. The van der Waals surface area contributed by atoms with Gasteiger partial charge in [0.15, 0.2) is 5.58 Å². The van der Waals surface area contributed by atoms with E-state index < -0.39 is 0 Å². The van der Waals surface area contributed by atoms with Gasteiger partial charge in [-0.15, -0.1) is 0 Å². The third-order valence-corrected chi connectivity index (χ3v) is 2.55. The number of rotatable bonds is 1. The van der Waals surface area contributed by atoms with Crippen LogP contribution in [0.1, 0.15) is 0 Å². The van der Waals surface area contributed by atoms with E-state index in [2.05, 4.69) is 5.16 Å². The molecule has 17 heavy (non-hydrogen) atoms. The van der Waals surface area contributed by atoms with Gasteiger partial charge in [-0.1, -0.05) is 17.3 Å². The molecule has 0 radical (unpaired) electrons. The minimum atomic E-state index is -0.334. The Kier molecular flexibility index (Phi) is 2.08. The van der Waals surface area contributed by atoms with E-state index >= 15 is 0 Å². The van der Waals surface area contributed by atoms with E-state index in [1.54, 1.807) is 24.3 Å². The van der Waals surface area contributed by atoms with Crippen molar-refractivity contribution < 1.29 is 14.0 Å². The van der Waals surface area contributed by atoms with Gasteiger partial charge in [-0.3, -0.25) is 0 Å². The predicted molar refractivity (Wildman–Crippen MR) is 61.1 cm³/mol. The third kappa shape index (κ3) is 1.63. The van der Waals surface area contributed by atoms with E-state index in [1.165, 1.54) is 18.2 Å². The second-order valence-electron chi connectivity index (χ2n) is 3.72. The zero-order valence-electron chi connectivity index (χ0n) is 8.72. The van der Waals surface area contributed by atoms with Crippen LogP contribution >= 0.6 is 0 Å². The molecule has 0 saturated carbocycles. The van der Waals surface area contributed by atoms with Crippen molar-refractivity contribution in [3.05, 3.63) is 48.3 Å². The molecule has 0 unspecified atom stereocenters. The first-order valence-electron chi connectivity index (χ1n) is 5.08. The summed E-state index contributed by atoms with van der Waals surface area (Å²) in [6.45, 7) is 0. The first-order chi connectivity index (χ1) is 8.24. The number of fused-ring (bicyclic) bond motifs is 1. The van der Waals surface area contributed by atoms with Crippen LogP contribution in [-0.4, -0.2) is 10.3 Å². The number of halogens is 1. The molecule has 1 aromatic heterocycles. The molecule has 0 aliphatic rings. The van der Waals surface area contributed by atoms with Gasteiger partial charge >= 0.3 is 0 Å². The lowest BCUT2D eigenvalue weighted by molar-refractivity contribution is 0.457. The molecule has 3 aromatic rings. The first-order valence-corrected chi connectivity index (χ1v) is 5.08. The number of benzene rings is 2. The molecule has 0 bridgehead atoms. The maximum atomic E-state index is 13.1. The van der Waals surface area contributed by atoms with Gasteiger partial charge in [0.25, 0.3) is 0 Å². The molecule has 1 heterocycles. The monoisotopic (exact) mass is 229 g/mol. The van der Waals surface area contributed by atoms with Crippen molar-refractivity contribution in [2.75, 3.05) is 0 Å². The van der Waals surface area contributed by atoms with Crippen molar-refractivity contribution in [3.63, 3.8) is 0 Å². The number of nitrogens with zero attached hydrogens (tertiary/aromatic N) is 1. The van der Waals surface area contributed by atoms with Crippen LogP contribution in [0, 0.1) is 5.82 Å². The maximum Gasteiger partial charge on any atom is 0.167 e. The first kappa shape index (κ1) is 9.84. The van der Waals surface area contributed by atoms with Gasteiger partial charge in [0.2, 0.25) is 0 Å². The normalized spacial score (nSPS) is 10.9. The van der Waals surface area contributed by atoms with Crippen LogP contribution in [0.3, 0.4) is 0 Å². The molecule has 0 amide bonds. The lowest BCUT2D eigenvalue weighted by atomic mass is 10.1. The summed E-state index contributed by atoms with van der Waals surface area (Å²) in [7, 11) is 0. The van der Waals surface area contributed by atoms with E-state index in [0.717, 1.165) is 0 Å². The van der Waals surface area contributed by atoms with Gasteiger partial charge in [0.05, 0.1) is 5.39 Å². The average Bonchev–Trinajstić information content (AvgIpc) is 2.71. The van der Waals surface area contributed by atoms with E-state index in [0.29, 0.717) is 22.2 Å². The second-order valence-corrected chi connectivity index (χ2v) is 3.72. The van der Waals surface area contributed by atoms with Crippen LogP contribution in [0.5, 0.6) is 5.75 Å². The molecular formula is C13H8FNO2. The SMILES string of the molecule is Oc1ccc2onc(-c3cccc(F)c3)c2c1. The molecule has 1 N–H and O–H groups in total. The zero-order valence-corrected chi connectivity index (χ0v) is 8.72. The molecule has 3 rings (SSSR count). The summed E-state index contributed by atoms with van der Waals surface area (Å²) >= 11 is 0. The van der Waals surface area contributed by atoms with Gasteiger partial charge < -0.3 is 9.63 Å². The lowest BCUT2D eigenvalue weighted by Gasteiger charge is -1.97. The smallest absolute Gasteiger partial charge is 0.167 e. The van der Waals surface area contributed by atoms with Crippen molar-refractivity contribution in [1.82, 2.24) is 5.16 Å². The Labute approximate surface area is 96.1 Å². The number of phenols is 1. The van der Waals surface area contributed by atoms with Gasteiger partial charge in [-0.05, 0) is 30.3 Å². The highest BCUT2D eigenvalue weighted by molar-refractivity contribution is 5.92. The molecule has 4 heteroatoms. The average molecular weight is 229 g/mol.